The second kappa shape index (κ2) is 11.2. The van der Waals surface area contributed by atoms with Crippen LogP contribution in [0.3, 0.4) is 0 Å². The van der Waals surface area contributed by atoms with E-state index in [4.69, 9.17) is 0 Å². The van der Waals surface area contributed by atoms with Crippen molar-refractivity contribution >= 4 is 56.2 Å². The van der Waals surface area contributed by atoms with Gasteiger partial charge in [-0.05, 0) is 70.4 Å². The first kappa shape index (κ1) is 29.5. The Morgan fingerprint density at radius 3 is 2.55 bits per heavy atom. The molecule has 44 heavy (non-hydrogen) atoms. The largest absolute Gasteiger partial charge is 0.469 e. The molecule has 3 atom stereocenters. The number of aryl methyl sites for hydroxylation is 1. The average molecular weight is 661 g/mol. The number of rotatable bonds is 8. The van der Waals surface area contributed by atoms with E-state index in [1.54, 1.807) is 29.4 Å². The lowest BCUT2D eigenvalue weighted by atomic mass is 10.0. The van der Waals surface area contributed by atoms with E-state index in [2.05, 4.69) is 53.0 Å². The Labute approximate surface area is 261 Å². The third-order valence-corrected chi connectivity index (χ3v) is 8.91. The molecule has 0 radical (unpaired) electrons. The van der Waals surface area contributed by atoms with E-state index >= 15 is 0 Å². The summed E-state index contributed by atoms with van der Waals surface area (Å²) in [4.78, 5) is 66.0. The zero-order valence-electron chi connectivity index (χ0n) is 24.6. The highest BCUT2D eigenvalue weighted by atomic mass is 79.9. The lowest BCUT2D eigenvalue weighted by Gasteiger charge is -2.27. The lowest BCUT2D eigenvalue weighted by Crippen LogP contribution is -2.47. The molecule has 3 aromatic heterocycles. The quantitative estimate of drug-likeness (QED) is 0.169. The minimum Gasteiger partial charge on any atom is -0.469 e. The van der Waals surface area contributed by atoms with Gasteiger partial charge in [0.15, 0.2) is 5.78 Å². The van der Waals surface area contributed by atoms with Crippen LogP contribution in [0.15, 0.2) is 47.3 Å². The fourth-order valence-electron chi connectivity index (χ4n) is 5.94. The van der Waals surface area contributed by atoms with Crippen LogP contribution in [-0.2, 0) is 32.1 Å². The fourth-order valence-corrected chi connectivity index (χ4v) is 6.25. The lowest BCUT2D eigenvalue weighted by molar-refractivity contribution is -0.140. The molecule has 4 heterocycles. The molecule has 0 spiro atoms. The highest BCUT2D eigenvalue weighted by Crippen LogP contribution is 2.59. The number of aromatic nitrogens is 5. The second-order valence-electron chi connectivity index (χ2n) is 11.6. The van der Waals surface area contributed by atoms with Gasteiger partial charge in [-0.3, -0.25) is 23.9 Å². The summed E-state index contributed by atoms with van der Waals surface area (Å²) in [7, 11) is 1.30. The number of ketones is 1. The molecule has 1 aliphatic heterocycles. The molecule has 2 aliphatic rings. The van der Waals surface area contributed by atoms with Crippen LogP contribution >= 0.6 is 15.9 Å². The van der Waals surface area contributed by atoms with Gasteiger partial charge in [-0.2, -0.15) is 5.10 Å². The van der Waals surface area contributed by atoms with Crippen LogP contribution in [0.5, 0.6) is 0 Å². The molecule has 1 saturated carbocycles. The number of amides is 2. The van der Waals surface area contributed by atoms with Gasteiger partial charge in [0.2, 0.25) is 11.8 Å². The van der Waals surface area contributed by atoms with Gasteiger partial charge in [0.05, 0.1) is 12.6 Å². The molecular weight excluding hydrogens is 630 g/mol. The summed E-state index contributed by atoms with van der Waals surface area (Å²) in [6.45, 7) is 5.26. The van der Waals surface area contributed by atoms with E-state index < -0.39 is 12.0 Å². The standard InChI is InChI=1S/C31H30BrN7O5/c1-16-5-8-24(32)35-29(16)36-30(43)22-11-31(3)12-23(31)39(22)26(41)15-38-21-7-6-18(9-20(21)28(37-38)17(2)40)19-13-33-25(34-14-19)10-27(42)44-4/h5-9,13-14,22-23H,10-12,15H2,1-4H3,(H,35,36,43)/t22-,23?,31-/m0/s1. The van der Waals surface area contributed by atoms with Gasteiger partial charge >= 0.3 is 5.97 Å². The van der Waals surface area contributed by atoms with Crippen molar-refractivity contribution in [2.45, 2.75) is 58.7 Å². The summed E-state index contributed by atoms with van der Waals surface area (Å²) in [6, 6.07) is 8.44. The highest BCUT2D eigenvalue weighted by molar-refractivity contribution is 9.10. The maximum absolute atomic E-state index is 13.9. The normalized spacial score (nSPS) is 20.3. The molecule has 2 fully saturated rings. The first-order valence-corrected chi connectivity index (χ1v) is 14.9. The first-order chi connectivity index (χ1) is 21.0. The molecule has 1 aromatic carbocycles. The van der Waals surface area contributed by atoms with E-state index in [0.717, 1.165) is 17.5 Å². The van der Waals surface area contributed by atoms with Crippen molar-refractivity contribution in [3.05, 3.63) is 64.4 Å². The summed E-state index contributed by atoms with van der Waals surface area (Å²) in [5.41, 5.74) is 2.99. The number of carbonyl (C=O) groups is 4. The van der Waals surface area contributed by atoms with Crippen molar-refractivity contribution in [2.24, 2.45) is 5.41 Å². The van der Waals surface area contributed by atoms with Gasteiger partial charge in [0.1, 0.15) is 40.9 Å². The SMILES string of the molecule is COC(=O)Cc1ncc(-c2ccc3c(c2)c(C(C)=O)nn3CC(=O)N2C3C[C@]3(C)C[C@H]2C(=O)Nc2nc(Br)ccc2C)cn1. The number of nitrogens with one attached hydrogen (secondary N) is 1. The Kier molecular flexibility index (Phi) is 7.52. The molecule has 1 saturated heterocycles. The summed E-state index contributed by atoms with van der Waals surface area (Å²) >= 11 is 3.35. The first-order valence-electron chi connectivity index (χ1n) is 14.1. The highest BCUT2D eigenvalue weighted by Gasteiger charge is 2.64. The minimum atomic E-state index is -0.644. The topological polar surface area (TPSA) is 149 Å². The van der Waals surface area contributed by atoms with E-state index in [0.29, 0.717) is 39.1 Å². The molecule has 6 rings (SSSR count). The number of fused-ring (bicyclic) bond motifs is 2. The Hall–Kier alpha value is -4.52. The molecule has 4 aromatic rings. The van der Waals surface area contributed by atoms with Gasteiger partial charge in [0, 0.05) is 36.3 Å². The summed E-state index contributed by atoms with van der Waals surface area (Å²) < 4.78 is 6.80. The molecule has 226 valence electrons. The van der Waals surface area contributed by atoms with Gasteiger partial charge < -0.3 is 15.0 Å². The zero-order valence-corrected chi connectivity index (χ0v) is 26.2. The average Bonchev–Trinajstić information content (AvgIpc) is 3.36. The maximum Gasteiger partial charge on any atom is 0.313 e. The van der Waals surface area contributed by atoms with Gasteiger partial charge in [-0.1, -0.05) is 19.1 Å². The molecule has 13 heteroatoms. The molecule has 1 N–H and O–H groups in total. The zero-order chi connectivity index (χ0) is 31.3. The third-order valence-electron chi connectivity index (χ3n) is 8.47. The van der Waals surface area contributed by atoms with E-state index in [1.165, 1.54) is 18.7 Å². The number of anilines is 1. The van der Waals surface area contributed by atoms with Crippen LogP contribution in [-0.4, -0.2) is 72.4 Å². The van der Waals surface area contributed by atoms with Crippen molar-refractivity contribution in [3.8, 4) is 11.1 Å². The predicted octanol–water partition coefficient (Wildman–Crippen LogP) is 3.90. The Bertz CT molecular complexity index is 1840. The van der Waals surface area contributed by atoms with Crippen LogP contribution in [0.4, 0.5) is 5.82 Å². The summed E-state index contributed by atoms with van der Waals surface area (Å²) in [5, 5.41) is 8.03. The molecule has 0 bridgehead atoms. The number of piperidine rings is 1. The number of likely N-dealkylation sites (tertiary alicyclic amines) is 1. The fraction of sp³-hybridized carbons (Fsp3) is 0.355. The number of nitrogens with zero attached hydrogens (tertiary/aromatic N) is 6. The summed E-state index contributed by atoms with van der Waals surface area (Å²) in [6.07, 6.45) is 4.56. The Balaban J connectivity index is 1.26. The van der Waals surface area contributed by atoms with E-state index in [9.17, 15) is 19.2 Å². The van der Waals surface area contributed by atoms with Crippen LogP contribution in [0.1, 0.15) is 48.6 Å². The predicted molar refractivity (Wildman–Crippen MR) is 164 cm³/mol. The van der Waals surface area contributed by atoms with Crippen molar-refractivity contribution in [3.63, 3.8) is 0 Å². The number of halogens is 1. The number of benzene rings is 1. The number of hydrogen-bond acceptors (Lipinski definition) is 9. The molecule has 1 aliphatic carbocycles. The number of Topliss-reactive ketones (excluding diaryl/α,β-unsaturated/α-hetero) is 1. The van der Waals surface area contributed by atoms with Crippen LogP contribution in [0.2, 0.25) is 0 Å². The molecular formula is C31H30BrN7O5. The number of esters is 1. The van der Waals surface area contributed by atoms with Gasteiger partial charge in [-0.15, -0.1) is 0 Å². The Morgan fingerprint density at radius 1 is 1.09 bits per heavy atom. The third kappa shape index (κ3) is 5.47. The number of methoxy groups -OCH3 is 1. The van der Waals surface area contributed by atoms with Gasteiger partial charge in [0.25, 0.3) is 0 Å². The smallest absolute Gasteiger partial charge is 0.313 e. The van der Waals surface area contributed by atoms with Gasteiger partial charge in [-0.25, -0.2) is 15.0 Å². The molecule has 2 amide bonds. The number of pyridine rings is 1. The molecule has 1 unspecified atom stereocenters. The Morgan fingerprint density at radius 2 is 1.84 bits per heavy atom. The van der Waals surface area contributed by atoms with Crippen LogP contribution in [0.25, 0.3) is 22.0 Å². The molecule has 12 nitrogen and oxygen atoms in total. The number of ether oxygens (including phenoxy) is 1. The number of carbonyl (C=O) groups excluding carboxylic acids is 4. The van der Waals surface area contributed by atoms with E-state index in [-0.39, 0.29) is 47.7 Å². The number of hydrogen-bond donors (Lipinski definition) is 1. The monoisotopic (exact) mass is 659 g/mol. The van der Waals surface area contributed by atoms with Crippen LogP contribution in [0, 0.1) is 12.3 Å². The van der Waals surface area contributed by atoms with Crippen molar-refractivity contribution in [1.29, 1.82) is 0 Å². The summed E-state index contributed by atoms with van der Waals surface area (Å²) in [5.74, 6) is -0.413. The van der Waals surface area contributed by atoms with E-state index in [1.807, 2.05) is 25.1 Å². The second-order valence-corrected chi connectivity index (χ2v) is 12.4. The maximum atomic E-state index is 13.9. The van der Waals surface area contributed by atoms with Crippen molar-refractivity contribution in [1.82, 2.24) is 29.6 Å². The van der Waals surface area contributed by atoms with Crippen molar-refractivity contribution < 1.29 is 23.9 Å². The van der Waals surface area contributed by atoms with Crippen molar-refractivity contribution in [2.75, 3.05) is 12.4 Å². The minimum absolute atomic E-state index is 0.0365. The van der Waals surface area contributed by atoms with Crippen LogP contribution < -0.4 is 5.32 Å².